The summed E-state index contributed by atoms with van der Waals surface area (Å²) in [5.74, 6) is 1.19. The average Bonchev–Trinajstić information content (AvgIpc) is 2.83. The summed E-state index contributed by atoms with van der Waals surface area (Å²) in [6, 6.07) is 0. The van der Waals surface area contributed by atoms with E-state index in [9.17, 15) is 4.79 Å². The summed E-state index contributed by atoms with van der Waals surface area (Å²) in [5, 5.41) is 0. The largest absolute Gasteiger partial charge is 0.298 e. The first-order valence-electron chi connectivity index (χ1n) is 5.64. The Balaban J connectivity index is 2.50. The third-order valence-electron chi connectivity index (χ3n) is 3.63. The maximum Gasteiger partial charge on any atom is 0.149 e. The molecule has 1 fully saturated rings. The van der Waals surface area contributed by atoms with Crippen molar-refractivity contribution in [1.82, 2.24) is 4.90 Å². The molecule has 0 aliphatic heterocycles. The number of nitrogens with zero attached hydrogens (tertiary/aromatic N) is 1. The number of hydrogen-bond donors (Lipinski definition) is 0. The molecule has 2 nitrogen and oxygen atoms in total. The highest BCUT2D eigenvalue weighted by Gasteiger charge is 2.48. The summed E-state index contributed by atoms with van der Waals surface area (Å²) in [7, 11) is 2.09. The van der Waals surface area contributed by atoms with Crippen LogP contribution in [0.1, 0.15) is 40.5 Å². The predicted octanol–water partition coefficient (Wildman–Crippen LogP) is 2.33. The van der Waals surface area contributed by atoms with Gasteiger partial charge in [0.05, 0.1) is 6.54 Å². The minimum absolute atomic E-state index is 0.167. The van der Waals surface area contributed by atoms with Gasteiger partial charge in [0.15, 0.2) is 0 Å². The molecule has 0 unspecified atom stereocenters. The first-order chi connectivity index (χ1) is 6.40. The maximum absolute atomic E-state index is 11.6. The molecule has 82 valence electrons. The molecule has 0 aromatic carbocycles. The van der Waals surface area contributed by atoms with E-state index >= 15 is 0 Å². The van der Waals surface area contributed by atoms with Gasteiger partial charge in [0.25, 0.3) is 0 Å². The van der Waals surface area contributed by atoms with Crippen LogP contribution in [0.4, 0.5) is 0 Å². The van der Waals surface area contributed by atoms with Crippen LogP contribution >= 0.6 is 0 Å². The SMILES string of the molecule is CC(C)C(=O)CN(C)C1(C(C)C)CC1. The molecule has 0 aromatic rings. The zero-order chi connectivity index (χ0) is 10.9. The molecule has 1 rings (SSSR count). The highest BCUT2D eigenvalue weighted by molar-refractivity contribution is 5.82. The predicted molar refractivity (Wildman–Crippen MR) is 59.3 cm³/mol. The molecule has 0 radical (unpaired) electrons. The molecular formula is C12H23NO. The van der Waals surface area contributed by atoms with E-state index in [0.29, 0.717) is 23.8 Å². The highest BCUT2D eigenvalue weighted by atomic mass is 16.1. The van der Waals surface area contributed by atoms with Crippen LogP contribution < -0.4 is 0 Å². The summed E-state index contributed by atoms with van der Waals surface area (Å²) in [6.07, 6.45) is 2.51. The van der Waals surface area contributed by atoms with Gasteiger partial charge in [0.2, 0.25) is 0 Å². The van der Waals surface area contributed by atoms with Gasteiger partial charge < -0.3 is 0 Å². The Bertz CT molecular complexity index is 216. The van der Waals surface area contributed by atoms with Crippen molar-refractivity contribution in [2.75, 3.05) is 13.6 Å². The molecule has 0 saturated heterocycles. The Morgan fingerprint density at radius 2 is 1.79 bits per heavy atom. The van der Waals surface area contributed by atoms with Gasteiger partial charge in [-0.25, -0.2) is 0 Å². The van der Waals surface area contributed by atoms with Crippen molar-refractivity contribution < 1.29 is 4.79 Å². The summed E-state index contributed by atoms with van der Waals surface area (Å²) in [5.41, 5.74) is 0.338. The standard InChI is InChI=1S/C12H23NO/c1-9(2)11(14)8-13(5)12(6-7-12)10(3)4/h9-10H,6-8H2,1-5H3. The lowest BCUT2D eigenvalue weighted by Gasteiger charge is -2.31. The summed E-state index contributed by atoms with van der Waals surface area (Å²) in [4.78, 5) is 13.9. The van der Waals surface area contributed by atoms with Gasteiger partial charge >= 0.3 is 0 Å². The number of ketones is 1. The van der Waals surface area contributed by atoms with Crippen molar-refractivity contribution in [3.05, 3.63) is 0 Å². The molecule has 2 heteroatoms. The van der Waals surface area contributed by atoms with E-state index in [1.54, 1.807) is 0 Å². The maximum atomic E-state index is 11.6. The molecular weight excluding hydrogens is 174 g/mol. The fourth-order valence-corrected chi connectivity index (χ4v) is 2.10. The molecule has 1 saturated carbocycles. The Labute approximate surface area is 87.7 Å². The number of likely N-dealkylation sites (N-methyl/N-ethyl adjacent to an activating group) is 1. The molecule has 0 atom stereocenters. The lowest BCUT2D eigenvalue weighted by atomic mass is 9.99. The third-order valence-corrected chi connectivity index (χ3v) is 3.63. The molecule has 1 aliphatic carbocycles. The summed E-state index contributed by atoms with van der Waals surface area (Å²) < 4.78 is 0. The zero-order valence-corrected chi connectivity index (χ0v) is 10.1. The number of hydrogen-bond acceptors (Lipinski definition) is 2. The summed E-state index contributed by atoms with van der Waals surface area (Å²) >= 11 is 0. The van der Waals surface area contributed by atoms with Crippen LogP contribution in [0.15, 0.2) is 0 Å². The van der Waals surface area contributed by atoms with Crippen LogP contribution in [0.25, 0.3) is 0 Å². The van der Waals surface area contributed by atoms with E-state index in [-0.39, 0.29) is 5.92 Å². The van der Waals surface area contributed by atoms with Crippen molar-refractivity contribution in [2.45, 2.75) is 46.1 Å². The molecule has 0 heterocycles. The lowest BCUT2D eigenvalue weighted by molar-refractivity contribution is -0.123. The van der Waals surface area contributed by atoms with Crippen molar-refractivity contribution in [2.24, 2.45) is 11.8 Å². The van der Waals surface area contributed by atoms with E-state index in [1.165, 1.54) is 12.8 Å². The van der Waals surface area contributed by atoms with Crippen LogP contribution in [0.5, 0.6) is 0 Å². The van der Waals surface area contributed by atoms with E-state index in [4.69, 9.17) is 0 Å². The molecule has 0 spiro atoms. The lowest BCUT2D eigenvalue weighted by Crippen LogP contribution is -2.42. The highest BCUT2D eigenvalue weighted by Crippen LogP contribution is 2.46. The zero-order valence-electron chi connectivity index (χ0n) is 10.1. The monoisotopic (exact) mass is 197 g/mol. The molecule has 0 amide bonds. The number of carbonyl (C=O) groups excluding carboxylic acids is 1. The quantitative estimate of drug-likeness (QED) is 0.674. The van der Waals surface area contributed by atoms with Crippen molar-refractivity contribution in [1.29, 1.82) is 0 Å². The van der Waals surface area contributed by atoms with Crippen molar-refractivity contribution in [3.63, 3.8) is 0 Å². The van der Waals surface area contributed by atoms with Gasteiger partial charge in [-0.3, -0.25) is 9.69 Å². The van der Waals surface area contributed by atoms with E-state index in [0.717, 1.165) is 0 Å². The second-order valence-electron chi connectivity index (χ2n) is 5.24. The molecule has 0 N–H and O–H groups in total. The Morgan fingerprint density at radius 3 is 2.07 bits per heavy atom. The Hall–Kier alpha value is -0.370. The van der Waals surface area contributed by atoms with Crippen molar-refractivity contribution in [3.8, 4) is 0 Å². The van der Waals surface area contributed by atoms with Gasteiger partial charge in [-0.1, -0.05) is 27.7 Å². The normalized spacial score (nSPS) is 19.4. The Kier molecular flexibility index (Phi) is 3.36. The van der Waals surface area contributed by atoms with E-state index < -0.39 is 0 Å². The molecule has 14 heavy (non-hydrogen) atoms. The number of rotatable bonds is 5. The first kappa shape index (κ1) is 11.7. The van der Waals surface area contributed by atoms with Gasteiger partial charge in [-0.05, 0) is 25.8 Å². The van der Waals surface area contributed by atoms with Crippen LogP contribution in [-0.4, -0.2) is 29.8 Å². The van der Waals surface area contributed by atoms with Crippen LogP contribution in [0, 0.1) is 11.8 Å². The van der Waals surface area contributed by atoms with Gasteiger partial charge in [-0.2, -0.15) is 0 Å². The average molecular weight is 197 g/mol. The first-order valence-corrected chi connectivity index (χ1v) is 5.64. The minimum Gasteiger partial charge on any atom is -0.298 e. The van der Waals surface area contributed by atoms with Crippen LogP contribution in [0.2, 0.25) is 0 Å². The van der Waals surface area contributed by atoms with E-state index in [2.05, 4.69) is 25.8 Å². The number of carbonyl (C=O) groups is 1. The topological polar surface area (TPSA) is 20.3 Å². The summed E-state index contributed by atoms with van der Waals surface area (Å²) in [6.45, 7) is 9.08. The minimum atomic E-state index is 0.167. The second kappa shape index (κ2) is 4.01. The van der Waals surface area contributed by atoms with E-state index in [1.807, 2.05) is 13.8 Å². The molecule has 1 aliphatic rings. The third kappa shape index (κ3) is 2.17. The van der Waals surface area contributed by atoms with Gasteiger partial charge in [0, 0.05) is 11.5 Å². The van der Waals surface area contributed by atoms with Crippen molar-refractivity contribution >= 4 is 5.78 Å². The van der Waals surface area contributed by atoms with Gasteiger partial charge in [0.1, 0.15) is 5.78 Å². The fourth-order valence-electron chi connectivity index (χ4n) is 2.10. The van der Waals surface area contributed by atoms with Gasteiger partial charge in [-0.15, -0.1) is 0 Å². The molecule has 0 bridgehead atoms. The smallest absolute Gasteiger partial charge is 0.149 e. The van der Waals surface area contributed by atoms with Crippen LogP contribution in [0.3, 0.4) is 0 Å². The second-order valence-corrected chi connectivity index (χ2v) is 5.24. The Morgan fingerprint density at radius 1 is 1.29 bits per heavy atom. The number of Topliss-reactive ketones (excluding diaryl/α,β-unsaturated/α-hetero) is 1. The van der Waals surface area contributed by atoms with Crippen LogP contribution in [-0.2, 0) is 4.79 Å². The fraction of sp³-hybridized carbons (Fsp3) is 0.917. The molecule has 0 aromatic heterocycles.